The Morgan fingerprint density at radius 3 is 2.74 bits per heavy atom. The SMILES string of the molecule is CCCCCn1c2ccccc2c2nc3cc(F)ccc3nc21. The molecule has 4 aromatic rings. The lowest BCUT2D eigenvalue weighted by molar-refractivity contribution is 0.624. The predicted molar refractivity (Wildman–Crippen MR) is 92.0 cm³/mol. The van der Waals surface area contributed by atoms with Crippen LogP contribution in [0, 0.1) is 5.82 Å². The van der Waals surface area contributed by atoms with Crippen molar-refractivity contribution < 1.29 is 4.39 Å². The van der Waals surface area contributed by atoms with E-state index in [-0.39, 0.29) is 5.82 Å². The summed E-state index contributed by atoms with van der Waals surface area (Å²) >= 11 is 0. The fourth-order valence-corrected chi connectivity index (χ4v) is 3.16. The number of hydrogen-bond donors (Lipinski definition) is 0. The largest absolute Gasteiger partial charge is 0.324 e. The highest BCUT2D eigenvalue weighted by molar-refractivity contribution is 6.06. The molecular formula is C19H18FN3. The summed E-state index contributed by atoms with van der Waals surface area (Å²) in [5, 5.41) is 1.08. The van der Waals surface area contributed by atoms with Crippen LogP contribution in [0.25, 0.3) is 33.1 Å². The molecule has 0 atom stereocenters. The molecule has 0 saturated carbocycles. The molecule has 0 radical (unpaired) electrons. The molecule has 2 aromatic carbocycles. The van der Waals surface area contributed by atoms with E-state index in [2.05, 4.69) is 23.6 Å². The van der Waals surface area contributed by atoms with E-state index >= 15 is 0 Å². The van der Waals surface area contributed by atoms with Crippen LogP contribution in [0.4, 0.5) is 4.39 Å². The summed E-state index contributed by atoms with van der Waals surface area (Å²) in [6.07, 6.45) is 3.50. The lowest BCUT2D eigenvalue weighted by Gasteiger charge is -2.06. The zero-order chi connectivity index (χ0) is 15.8. The van der Waals surface area contributed by atoms with Crippen molar-refractivity contribution in [2.45, 2.75) is 32.7 Å². The Morgan fingerprint density at radius 2 is 1.87 bits per heavy atom. The van der Waals surface area contributed by atoms with Gasteiger partial charge in [-0.15, -0.1) is 0 Å². The van der Waals surface area contributed by atoms with E-state index in [1.165, 1.54) is 25.0 Å². The molecule has 2 aromatic heterocycles. The molecule has 0 spiro atoms. The number of para-hydroxylation sites is 1. The molecule has 0 bridgehead atoms. The Bertz CT molecular complexity index is 1000. The van der Waals surface area contributed by atoms with Gasteiger partial charge < -0.3 is 4.57 Å². The van der Waals surface area contributed by atoms with Crippen LogP contribution >= 0.6 is 0 Å². The lowest BCUT2D eigenvalue weighted by atomic mass is 10.2. The van der Waals surface area contributed by atoms with Crippen LogP contribution in [0.1, 0.15) is 26.2 Å². The van der Waals surface area contributed by atoms with E-state index in [0.717, 1.165) is 40.5 Å². The normalized spacial score (nSPS) is 11.7. The Hall–Kier alpha value is -2.49. The van der Waals surface area contributed by atoms with Gasteiger partial charge in [0.1, 0.15) is 11.3 Å². The average Bonchev–Trinajstić information content (AvgIpc) is 2.87. The van der Waals surface area contributed by atoms with Gasteiger partial charge in [-0.05, 0) is 24.6 Å². The fraction of sp³-hybridized carbons (Fsp3) is 0.263. The van der Waals surface area contributed by atoms with Gasteiger partial charge in [-0.3, -0.25) is 0 Å². The van der Waals surface area contributed by atoms with E-state index in [0.29, 0.717) is 5.52 Å². The summed E-state index contributed by atoms with van der Waals surface area (Å²) in [5.74, 6) is -0.280. The van der Waals surface area contributed by atoms with Crippen molar-refractivity contribution in [1.82, 2.24) is 14.5 Å². The summed E-state index contributed by atoms with van der Waals surface area (Å²) in [4.78, 5) is 9.46. The molecule has 0 amide bonds. The third kappa shape index (κ3) is 2.34. The number of hydrogen-bond acceptors (Lipinski definition) is 2. The highest BCUT2D eigenvalue weighted by atomic mass is 19.1. The molecule has 0 aliphatic heterocycles. The Labute approximate surface area is 133 Å². The molecule has 23 heavy (non-hydrogen) atoms. The van der Waals surface area contributed by atoms with Crippen LogP contribution in [0.3, 0.4) is 0 Å². The summed E-state index contributed by atoms with van der Waals surface area (Å²) in [6.45, 7) is 3.13. The van der Waals surface area contributed by atoms with Gasteiger partial charge in [0, 0.05) is 18.0 Å². The number of aromatic nitrogens is 3. The predicted octanol–water partition coefficient (Wildman–Crippen LogP) is 5.07. The zero-order valence-electron chi connectivity index (χ0n) is 13.1. The minimum atomic E-state index is -0.280. The van der Waals surface area contributed by atoms with Crippen LogP contribution in [-0.4, -0.2) is 14.5 Å². The molecule has 0 aliphatic rings. The number of halogens is 1. The van der Waals surface area contributed by atoms with Crippen molar-refractivity contribution in [3.05, 3.63) is 48.3 Å². The van der Waals surface area contributed by atoms with Crippen molar-refractivity contribution in [1.29, 1.82) is 0 Å². The van der Waals surface area contributed by atoms with Gasteiger partial charge in [-0.1, -0.05) is 38.0 Å². The van der Waals surface area contributed by atoms with Gasteiger partial charge in [0.2, 0.25) is 0 Å². The number of nitrogens with zero attached hydrogens (tertiary/aromatic N) is 3. The highest BCUT2D eigenvalue weighted by Gasteiger charge is 2.14. The van der Waals surface area contributed by atoms with Crippen molar-refractivity contribution in [3.63, 3.8) is 0 Å². The van der Waals surface area contributed by atoms with Crippen LogP contribution in [0.15, 0.2) is 42.5 Å². The minimum absolute atomic E-state index is 0.280. The maximum atomic E-state index is 13.5. The molecular weight excluding hydrogens is 289 g/mol. The number of fused-ring (bicyclic) bond motifs is 4. The van der Waals surface area contributed by atoms with Gasteiger partial charge in [-0.2, -0.15) is 0 Å². The van der Waals surface area contributed by atoms with Gasteiger partial charge >= 0.3 is 0 Å². The van der Waals surface area contributed by atoms with Crippen LogP contribution in [0.5, 0.6) is 0 Å². The molecule has 3 nitrogen and oxygen atoms in total. The fourth-order valence-electron chi connectivity index (χ4n) is 3.16. The zero-order valence-corrected chi connectivity index (χ0v) is 13.1. The van der Waals surface area contributed by atoms with E-state index in [1.807, 2.05) is 12.1 Å². The van der Waals surface area contributed by atoms with Gasteiger partial charge in [0.05, 0.1) is 16.6 Å². The second-order valence-electron chi connectivity index (χ2n) is 5.90. The number of rotatable bonds is 4. The van der Waals surface area contributed by atoms with E-state index in [1.54, 1.807) is 6.07 Å². The standard InChI is InChI=1S/C19H18FN3/c1-2-3-6-11-23-17-8-5-4-7-14(17)18-19(23)22-15-10-9-13(20)12-16(15)21-18/h4-5,7-10,12H,2-3,6,11H2,1H3. The summed E-state index contributed by atoms with van der Waals surface area (Å²) in [7, 11) is 0. The van der Waals surface area contributed by atoms with Crippen molar-refractivity contribution in [3.8, 4) is 0 Å². The molecule has 2 heterocycles. The molecule has 0 unspecified atom stereocenters. The lowest BCUT2D eigenvalue weighted by Crippen LogP contribution is -1.99. The molecule has 0 N–H and O–H groups in total. The second-order valence-corrected chi connectivity index (χ2v) is 5.90. The maximum Gasteiger partial charge on any atom is 0.160 e. The quantitative estimate of drug-likeness (QED) is 0.493. The van der Waals surface area contributed by atoms with Crippen molar-refractivity contribution >= 4 is 33.1 Å². The molecule has 0 saturated heterocycles. The highest BCUT2D eigenvalue weighted by Crippen LogP contribution is 2.28. The van der Waals surface area contributed by atoms with E-state index in [9.17, 15) is 4.39 Å². The van der Waals surface area contributed by atoms with E-state index < -0.39 is 0 Å². The van der Waals surface area contributed by atoms with E-state index in [4.69, 9.17) is 9.97 Å². The monoisotopic (exact) mass is 307 g/mol. The first-order chi connectivity index (χ1) is 11.3. The topological polar surface area (TPSA) is 30.7 Å². The molecule has 4 rings (SSSR count). The molecule has 0 aliphatic carbocycles. The Balaban J connectivity index is 2.02. The number of unbranched alkanes of at least 4 members (excludes halogenated alkanes) is 2. The molecule has 0 fully saturated rings. The van der Waals surface area contributed by atoms with Crippen LogP contribution in [0.2, 0.25) is 0 Å². The molecule has 4 heteroatoms. The van der Waals surface area contributed by atoms with Crippen molar-refractivity contribution in [2.75, 3.05) is 0 Å². The Kier molecular flexibility index (Phi) is 3.45. The third-order valence-electron chi connectivity index (χ3n) is 4.30. The summed E-state index contributed by atoms with van der Waals surface area (Å²) < 4.78 is 15.7. The third-order valence-corrected chi connectivity index (χ3v) is 4.30. The summed E-state index contributed by atoms with van der Waals surface area (Å²) in [6, 6.07) is 12.8. The summed E-state index contributed by atoms with van der Waals surface area (Å²) in [5.41, 5.74) is 4.23. The average molecular weight is 307 g/mol. The van der Waals surface area contributed by atoms with Crippen LogP contribution < -0.4 is 0 Å². The first kappa shape index (κ1) is 14.1. The first-order valence-electron chi connectivity index (χ1n) is 8.12. The smallest absolute Gasteiger partial charge is 0.160 e. The van der Waals surface area contributed by atoms with Crippen LogP contribution in [-0.2, 0) is 6.54 Å². The Morgan fingerprint density at radius 1 is 1.00 bits per heavy atom. The van der Waals surface area contributed by atoms with Crippen molar-refractivity contribution in [2.24, 2.45) is 0 Å². The molecule has 116 valence electrons. The number of benzene rings is 2. The first-order valence-corrected chi connectivity index (χ1v) is 8.12. The minimum Gasteiger partial charge on any atom is -0.324 e. The maximum absolute atomic E-state index is 13.5. The van der Waals surface area contributed by atoms with Gasteiger partial charge in [0.25, 0.3) is 0 Å². The van der Waals surface area contributed by atoms with Gasteiger partial charge in [0.15, 0.2) is 5.65 Å². The number of aryl methyl sites for hydroxylation is 1. The van der Waals surface area contributed by atoms with Gasteiger partial charge in [-0.25, -0.2) is 14.4 Å². The second kappa shape index (κ2) is 5.61.